The van der Waals surface area contributed by atoms with Crippen LogP contribution in [0, 0.1) is 5.82 Å². The van der Waals surface area contributed by atoms with Gasteiger partial charge in [-0.05, 0) is 18.2 Å². The van der Waals surface area contributed by atoms with Crippen LogP contribution in [0.5, 0.6) is 0 Å². The molecule has 1 aromatic heterocycles. The SMILES string of the molecule is NC(=O)c1cnn2c1NCC=C2c1cccc(F)c1. The molecule has 0 spiro atoms. The minimum Gasteiger partial charge on any atom is -0.366 e. The highest BCUT2D eigenvalue weighted by atomic mass is 19.1. The zero-order valence-electron chi connectivity index (χ0n) is 9.93. The molecule has 3 rings (SSSR count). The van der Waals surface area contributed by atoms with E-state index in [4.69, 9.17) is 5.73 Å². The van der Waals surface area contributed by atoms with Gasteiger partial charge in [-0.25, -0.2) is 9.07 Å². The third-order valence-corrected chi connectivity index (χ3v) is 2.95. The highest BCUT2D eigenvalue weighted by molar-refractivity contribution is 5.98. The molecule has 2 aromatic rings. The quantitative estimate of drug-likeness (QED) is 0.856. The van der Waals surface area contributed by atoms with E-state index in [1.54, 1.807) is 16.8 Å². The fourth-order valence-electron chi connectivity index (χ4n) is 2.10. The largest absolute Gasteiger partial charge is 0.366 e. The number of primary amides is 1. The summed E-state index contributed by atoms with van der Waals surface area (Å²) in [6, 6.07) is 6.22. The molecule has 6 heteroatoms. The van der Waals surface area contributed by atoms with Crippen LogP contribution in [0.3, 0.4) is 0 Å². The van der Waals surface area contributed by atoms with E-state index in [2.05, 4.69) is 10.4 Å². The van der Waals surface area contributed by atoms with E-state index in [0.29, 0.717) is 23.5 Å². The summed E-state index contributed by atoms with van der Waals surface area (Å²) in [5.74, 6) is -0.329. The molecule has 1 amide bonds. The fourth-order valence-corrected chi connectivity index (χ4v) is 2.10. The van der Waals surface area contributed by atoms with Crippen molar-refractivity contribution in [2.24, 2.45) is 5.73 Å². The van der Waals surface area contributed by atoms with E-state index in [9.17, 15) is 9.18 Å². The third kappa shape index (κ3) is 1.87. The lowest BCUT2D eigenvalue weighted by Crippen LogP contribution is -2.19. The number of benzene rings is 1. The number of nitrogens with zero attached hydrogens (tertiary/aromatic N) is 2. The van der Waals surface area contributed by atoms with Gasteiger partial charge in [-0.1, -0.05) is 12.1 Å². The Labute approximate surface area is 108 Å². The number of carbonyl (C=O) groups excluding carboxylic acids is 1. The summed E-state index contributed by atoms with van der Waals surface area (Å²) >= 11 is 0. The summed E-state index contributed by atoms with van der Waals surface area (Å²) in [5.41, 5.74) is 7.02. The Morgan fingerprint density at radius 3 is 3.05 bits per heavy atom. The number of nitrogens with one attached hydrogen (secondary N) is 1. The van der Waals surface area contributed by atoms with Crippen molar-refractivity contribution in [3.63, 3.8) is 0 Å². The molecule has 0 atom stereocenters. The normalized spacial score (nSPS) is 13.4. The lowest BCUT2D eigenvalue weighted by Gasteiger charge is -2.18. The molecular weight excluding hydrogens is 247 g/mol. The number of aromatic nitrogens is 2. The van der Waals surface area contributed by atoms with Crippen molar-refractivity contribution in [1.29, 1.82) is 0 Å². The Balaban J connectivity index is 2.11. The van der Waals surface area contributed by atoms with E-state index in [1.807, 2.05) is 6.08 Å². The van der Waals surface area contributed by atoms with Gasteiger partial charge in [0.1, 0.15) is 17.2 Å². The summed E-state index contributed by atoms with van der Waals surface area (Å²) in [5, 5.41) is 7.16. The Morgan fingerprint density at radius 1 is 1.47 bits per heavy atom. The van der Waals surface area contributed by atoms with Crippen molar-refractivity contribution in [2.45, 2.75) is 0 Å². The van der Waals surface area contributed by atoms with E-state index in [0.717, 1.165) is 5.70 Å². The van der Waals surface area contributed by atoms with Crippen molar-refractivity contribution in [1.82, 2.24) is 9.78 Å². The molecule has 3 N–H and O–H groups in total. The van der Waals surface area contributed by atoms with Crippen LogP contribution in [0.15, 0.2) is 36.5 Å². The van der Waals surface area contributed by atoms with Gasteiger partial charge in [0.25, 0.3) is 5.91 Å². The number of anilines is 1. The maximum Gasteiger partial charge on any atom is 0.254 e. The van der Waals surface area contributed by atoms with Crippen molar-refractivity contribution in [2.75, 3.05) is 11.9 Å². The van der Waals surface area contributed by atoms with E-state index >= 15 is 0 Å². The Kier molecular flexibility index (Phi) is 2.56. The van der Waals surface area contributed by atoms with Crippen LogP contribution in [0.25, 0.3) is 5.70 Å². The number of hydrogen-bond donors (Lipinski definition) is 2. The van der Waals surface area contributed by atoms with Crippen LogP contribution >= 0.6 is 0 Å². The van der Waals surface area contributed by atoms with Crippen LogP contribution < -0.4 is 11.1 Å². The number of nitrogens with two attached hydrogens (primary N) is 1. The number of hydrogen-bond acceptors (Lipinski definition) is 3. The van der Waals surface area contributed by atoms with Crippen molar-refractivity contribution >= 4 is 17.4 Å². The van der Waals surface area contributed by atoms with Gasteiger partial charge in [-0.3, -0.25) is 4.79 Å². The molecule has 1 aliphatic heterocycles. The topological polar surface area (TPSA) is 72.9 Å². The zero-order chi connectivity index (χ0) is 13.4. The van der Waals surface area contributed by atoms with Crippen molar-refractivity contribution in [3.05, 3.63) is 53.5 Å². The zero-order valence-corrected chi connectivity index (χ0v) is 9.93. The molecule has 19 heavy (non-hydrogen) atoms. The molecule has 0 saturated carbocycles. The molecule has 0 radical (unpaired) electrons. The average Bonchev–Trinajstić information content (AvgIpc) is 2.82. The number of carbonyl (C=O) groups is 1. The summed E-state index contributed by atoms with van der Waals surface area (Å²) < 4.78 is 14.8. The minimum absolute atomic E-state index is 0.319. The molecule has 0 unspecified atom stereocenters. The summed E-state index contributed by atoms with van der Waals surface area (Å²) in [6.45, 7) is 0.526. The smallest absolute Gasteiger partial charge is 0.254 e. The molecule has 96 valence electrons. The monoisotopic (exact) mass is 258 g/mol. The van der Waals surface area contributed by atoms with Crippen LogP contribution in [0.2, 0.25) is 0 Å². The molecule has 1 aromatic carbocycles. The molecule has 2 heterocycles. The summed E-state index contributed by atoms with van der Waals surface area (Å²) in [4.78, 5) is 11.3. The van der Waals surface area contributed by atoms with Gasteiger partial charge in [-0.15, -0.1) is 0 Å². The molecule has 1 aliphatic rings. The second-order valence-corrected chi connectivity index (χ2v) is 4.16. The van der Waals surface area contributed by atoms with E-state index < -0.39 is 5.91 Å². The Hall–Kier alpha value is -2.63. The predicted octanol–water partition coefficient (Wildman–Crippen LogP) is 1.44. The van der Waals surface area contributed by atoms with E-state index in [1.165, 1.54) is 18.3 Å². The van der Waals surface area contributed by atoms with Gasteiger partial charge >= 0.3 is 0 Å². The third-order valence-electron chi connectivity index (χ3n) is 2.95. The average molecular weight is 258 g/mol. The first-order valence-electron chi connectivity index (χ1n) is 5.75. The maximum absolute atomic E-state index is 13.3. The van der Waals surface area contributed by atoms with Crippen LogP contribution in [-0.4, -0.2) is 22.2 Å². The van der Waals surface area contributed by atoms with E-state index in [-0.39, 0.29) is 5.82 Å². The van der Waals surface area contributed by atoms with Crippen molar-refractivity contribution < 1.29 is 9.18 Å². The lowest BCUT2D eigenvalue weighted by molar-refractivity contribution is 0.100. The second kappa shape index (κ2) is 4.24. The molecule has 0 fully saturated rings. The standard InChI is InChI=1S/C13H11FN4O/c14-9-3-1-2-8(6-9)11-4-5-16-13-10(12(15)19)7-17-18(11)13/h1-4,6-7,16H,5H2,(H2,15,19). The molecular formula is C13H11FN4O. The summed E-state index contributed by atoms with van der Waals surface area (Å²) in [6.07, 6.45) is 3.28. The van der Waals surface area contributed by atoms with Crippen LogP contribution in [0.1, 0.15) is 15.9 Å². The van der Waals surface area contributed by atoms with Gasteiger partial charge in [0.2, 0.25) is 0 Å². The van der Waals surface area contributed by atoms with Gasteiger partial charge < -0.3 is 11.1 Å². The highest BCUT2D eigenvalue weighted by Crippen LogP contribution is 2.27. The maximum atomic E-state index is 13.3. The van der Waals surface area contributed by atoms with Crippen LogP contribution in [0.4, 0.5) is 10.2 Å². The second-order valence-electron chi connectivity index (χ2n) is 4.16. The van der Waals surface area contributed by atoms with Crippen LogP contribution in [-0.2, 0) is 0 Å². The number of amides is 1. The molecule has 0 saturated heterocycles. The summed E-state index contributed by atoms with van der Waals surface area (Å²) in [7, 11) is 0. The highest BCUT2D eigenvalue weighted by Gasteiger charge is 2.20. The first-order valence-corrected chi connectivity index (χ1v) is 5.75. The number of fused-ring (bicyclic) bond motifs is 1. The predicted molar refractivity (Wildman–Crippen MR) is 69.0 cm³/mol. The molecule has 0 bridgehead atoms. The van der Waals surface area contributed by atoms with Gasteiger partial charge in [0.05, 0.1) is 11.9 Å². The van der Waals surface area contributed by atoms with Crippen molar-refractivity contribution in [3.8, 4) is 0 Å². The first kappa shape index (κ1) is 11.5. The first-order chi connectivity index (χ1) is 9.16. The molecule has 5 nitrogen and oxygen atoms in total. The Morgan fingerprint density at radius 2 is 2.32 bits per heavy atom. The van der Waals surface area contributed by atoms with Gasteiger partial charge in [-0.2, -0.15) is 5.10 Å². The molecule has 0 aliphatic carbocycles. The number of halogens is 1. The minimum atomic E-state index is -0.547. The fraction of sp³-hybridized carbons (Fsp3) is 0.0769. The Bertz CT molecular complexity index is 690. The number of rotatable bonds is 2. The lowest BCUT2D eigenvalue weighted by atomic mass is 10.1. The van der Waals surface area contributed by atoms with Gasteiger partial charge in [0, 0.05) is 12.1 Å². The van der Waals surface area contributed by atoms with Gasteiger partial charge in [0.15, 0.2) is 0 Å².